The smallest absolute Gasteiger partial charge is 0.193 e. The number of likely N-dealkylation sites (tertiary alicyclic amines) is 1. The van der Waals surface area contributed by atoms with Crippen LogP contribution in [0.4, 0.5) is 0 Å². The number of rotatable bonds is 10. The molecule has 1 heterocycles. The van der Waals surface area contributed by atoms with Gasteiger partial charge in [0.1, 0.15) is 11.5 Å². The lowest BCUT2D eigenvalue weighted by atomic mass is 9.98. The maximum atomic E-state index is 9.29. The molecule has 1 aliphatic heterocycles. The molecule has 0 aromatic heterocycles. The molecule has 1 aromatic carbocycles. The number of guanidine groups is 1. The number of aliphatic imine (C=N–C) groups is 1. The summed E-state index contributed by atoms with van der Waals surface area (Å²) in [4.78, 5) is 7.25. The summed E-state index contributed by atoms with van der Waals surface area (Å²) in [6.45, 7) is 8.06. The number of halogens is 1. The van der Waals surface area contributed by atoms with Crippen molar-refractivity contribution in [2.24, 2.45) is 10.9 Å². The van der Waals surface area contributed by atoms with Crippen LogP contribution in [0.25, 0.3) is 0 Å². The Morgan fingerprint density at radius 2 is 1.90 bits per heavy atom. The largest absolute Gasteiger partial charge is 0.497 e. The van der Waals surface area contributed by atoms with Crippen LogP contribution in [0.2, 0.25) is 0 Å². The molecule has 1 aliphatic rings. The van der Waals surface area contributed by atoms with E-state index in [9.17, 15) is 5.11 Å². The molecule has 6 nitrogen and oxygen atoms in total. The van der Waals surface area contributed by atoms with E-state index in [0.717, 1.165) is 69.3 Å². The molecule has 166 valence electrons. The number of methoxy groups -OCH3 is 2. The molecule has 0 saturated carbocycles. The molecule has 2 rings (SSSR count). The fourth-order valence-corrected chi connectivity index (χ4v) is 3.85. The van der Waals surface area contributed by atoms with Crippen LogP contribution in [0.15, 0.2) is 23.2 Å². The Bertz CT molecular complexity index is 599. The molecule has 2 N–H and O–H groups in total. The summed E-state index contributed by atoms with van der Waals surface area (Å²) in [5.41, 5.74) is 1.25. The van der Waals surface area contributed by atoms with Gasteiger partial charge in [-0.1, -0.05) is 13.3 Å². The second-order valence-electron chi connectivity index (χ2n) is 7.44. The van der Waals surface area contributed by atoms with Crippen LogP contribution in [-0.4, -0.2) is 63.0 Å². The van der Waals surface area contributed by atoms with Gasteiger partial charge >= 0.3 is 0 Å². The fraction of sp³-hybridized carbons (Fsp3) is 0.682. The molecule has 0 spiro atoms. The molecule has 0 aliphatic carbocycles. The molecule has 0 radical (unpaired) electrons. The first-order valence-corrected chi connectivity index (χ1v) is 10.5. The molecular weight excluding hydrogens is 481 g/mol. The number of nitrogens with zero attached hydrogens (tertiary/aromatic N) is 2. The van der Waals surface area contributed by atoms with E-state index >= 15 is 0 Å². The van der Waals surface area contributed by atoms with E-state index in [0.29, 0.717) is 11.8 Å². The van der Waals surface area contributed by atoms with Gasteiger partial charge in [0.05, 0.1) is 14.2 Å². The Kier molecular flexibility index (Phi) is 12.4. The first-order valence-electron chi connectivity index (χ1n) is 10.5. The van der Waals surface area contributed by atoms with Crippen LogP contribution in [-0.2, 0) is 0 Å². The second-order valence-corrected chi connectivity index (χ2v) is 7.44. The number of nitrogens with one attached hydrogen (secondary N) is 1. The van der Waals surface area contributed by atoms with Crippen molar-refractivity contribution in [3.63, 3.8) is 0 Å². The van der Waals surface area contributed by atoms with Gasteiger partial charge in [0.2, 0.25) is 0 Å². The minimum atomic E-state index is 0. The third-order valence-electron chi connectivity index (χ3n) is 5.40. The number of aliphatic hydroxyl groups excluding tert-OH is 1. The maximum absolute atomic E-state index is 9.29. The van der Waals surface area contributed by atoms with Crippen LogP contribution in [0, 0.1) is 5.92 Å². The molecule has 0 amide bonds. The van der Waals surface area contributed by atoms with Crippen LogP contribution >= 0.6 is 24.0 Å². The summed E-state index contributed by atoms with van der Waals surface area (Å²) < 4.78 is 10.9. The van der Waals surface area contributed by atoms with Crippen molar-refractivity contribution in [2.45, 2.75) is 45.4 Å². The summed E-state index contributed by atoms with van der Waals surface area (Å²) in [6.07, 6.45) is 4.13. The summed E-state index contributed by atoms with van der Waals surface area (Å²) in [5.74, 6) is 3.53. The van der Waals surface area contributed by atoms with Crippen molar-refractivity contribution >= 4 is 29.9 Å². The number of hydrogen-bond acceptors (Lipinski definition) is 4. The minimum Gasteiger partial charge on any atom is -0.497 e. The molecule has 1 aromatic rings. The Balaban J connectivity index is 0.00000420. The Morgan fingerprint density at radius 3 is 2.45 bits per heavy atom. The fourth-order valence-electron chi connectivity index (χ4n) is 3.85. The highest BCUT2D eigenvalue weighted by molar-refractivity contribution is 14.0. The van der Waals surface area contributed by atoms with Gasteiger partial charge in [0.15, 0.2) is 5.96 Å². The Morgan fingerprint density at radius 1 is 1.21 bits per heavy atom. The van der Waals surface area contributed by atoms with Gasteiger partial charge in [-0.3, -0.25) is 4.99 Å². The topological polar surface area (TPSA) is 66.3 Å². The summed E-state index contributed by atoms with van der Waals surface area (Å²) in [5, 5.41) is 12.7. The average Bonchev–Trinajstić information content (AvgIpc) is 3.21. The van der Waals surface area contributed by atoms with Crippen molar-refractivity contribution in [2.75, 3.05) is 47.0 Å². The second kappa shape index (κ2) is 13.9. The zero-order chi connectivity index (χ0) is 20.4. The van der Waals surface area contributed by atoms with E-state index in [4.69, 9.17) is 14.5 Å². The van der Waals surface area contributed by atoms with Crippen LogP contribution in [0.1, 0.15) is 51.0 Å². The van der Waals surface area contributed by atoms with Gasteiger partial charge in [-0.25, -0.2) is 0 Å². The van der Waals surface area contributed by atoms with Gasteiger partial charge in [0, 0.05) is 44.8 Å². The monoisotopic (exact) mass is 519 g/mol. The quantitative estimate of drug-likeness (QED) is 0.279. The SMILES string of the molecule is CCCC(CCO)CN=C(NCC)N1CCC(c2cc(OC)cc(OC)c2)C1.I. The van der Waals surface area contributed by atoms with Gasteiger partial charge < -0.3 is 24.8 Å². The third-order valence-corrected chi connectivity index (χ3v) is 5.40. The lowest BCUT2D eigenvalue weighted by Crippen LogP contribution is -2.40. The zero-order valence-corrected chi connectivity index (χ0v) is 20.6. The van der Waals surface area contributed by atoms with E-state index in [1.807, 2.05) is 6.07 Å². The normalized spacial score (nSPS) is 17.6. The van der Waals surface area contributed by atoms with Gasteiger partial charge in [-0.15, -0.1) is 24.0 Å². The minimum absolute atomic E-state index is 0. The first-order chi connectivity index (χ1) is 13.6. The summed E-state index contributed by atoms with van der Waals surface area (Å²) in [7, 11) is 3.38. The van der Waals surface area contributed by atoms with Crippen molar-refractivity contribution in [1.29, 1.82) is 0 Å². The van der Waals surface area contributed by atoms with E-state index in [-0.39, 0.29) is 30.6 Å². The highest BCUT2D eigenvalue weighted by Gasteiger charge is 2.27. The van der Waals surface area contributed by atoms with Gasteiger partial charge in [-0.2, -0.15) is 0 Å². The number of aliphatic hydroxyl groups is 1. The zero-order valence-electron chi connectivity index (χ0n) is 18.3. The van der Waals surface area contributed by atoms with E-state index < -0.39 is 0 Å². The highest BCUT2D eigenvalue weighted by atomic mass is 127. The summed E-state index contributed by atoms with van der Waals surface area (Å²) in [6, 6.07) is 6.13. The summed E-state index contributed by atoms with van der Waals surface area (Å²) >= 11 is 0. The number of ether oxygens (including phenoxy) is 2. The van der Waals surface area contributed by atoms with E-state index in [2.05, 4.69) is 36.2 Å². The molecule has 29 heavy (non-hydrogen) atoms. The van der Waals surface area contributed by atoms with Gasteiger partial charge in [-0.05, 0) is 49.8 Å². The molecular formula is C22H38IN3O3. The van der Waals surface area contributed by atoms with Crippen LogP contribution in [0.5, 0.6) is 11.5 Å². The average molecular weight is 519 g/mol. The van der Waals surface area contributed by atoms with Gasteiger partial charge in [0.25, 0.3) is 0 Å². The lowest BCUT2D eigenvalue weighted by molar-refractivity contribution is 0.253. The van der Waals surface area contributed by atoms with Crippen molar-refractivity contribution in [1.82, 2.24) is 10.2 Å². The molecule has 2 unspecified atom stereocenters. The van der Waals surface area contributed by atoms with E-state index in [1.54, 1.807) is 14.2 Å². The first kappa shape index (κ1) is 25.8. The Labute approximate surface area is 193 Å². The van der Waals surface area contributed by atoms with Crippen molar-refractivity contribution < 1.29 is 14.6 Å². The van der Waals surface area contributed by atoms with Crippen molar-refractivity contribution in [3.05, 3.63) is 23.8 Å². The van der Waals surface area contributed by atoms with Crippen LogP contribution in [0.3, 0.4) is 0 Å². The van der Waals surface area contributed by atoms with Crippen LogP contribution < -0.4 is 14.8 Å². The molecule has 0 bridgehead atoms. The predicted octanol–water partition coefficient (Wildman–Crippen LogP) is 3.88. The molecule has 7 heteroatoms. The lowest BCUT2D eigenvalue weighted by Gasteiger charge is -2.23. The predicted molar refractivity (Wildman–Crippen MR) is 130 cm³/mol. The highest BCUT2D eigenvalue weighted by Crippen LogP contribution is 2.33. The number of benzene rings is 1. The Hall–Kier alpha value is -1.22. The molecule has 1 saturated heterocycles. The van der Waals surface area contributed by atoms with E-state index in [1.165, 1.54) is 5.56 Å². The maximum Gasteiger partial charge on any atom is 0.193 e. The standard InChI is InChI=1S/C22H37N3O3.HI/c1-5-7-17(9-11-26)15-24-22(23-6-2)25-10-8-18(16-25)19-12-20(27-3)14-21(13-19)28-4;/h12-14,17-18,26H,5-11,15-16H2,1-4H3,(H,23,24);1H. The number of hydrogen-bond donors (Lipinski definition) is 2. The molecule has 1 fully saturated rings. The van der Waals surface area contributed by atoms with Crippen molar-refractivity contribution in [3.8, 4) is 11.5 Å². The molecule has 2 atom stereocenters. The third kappa shape index (κ3) is 7.85.